The van der Waals surface area contributed by atoms with Gasteiger partial charge in [-0.05, 0) is 35.4 Å². The van der Waals surface area contributed by atoms with Gasteiger partial charge in [0.2, 0.25) is 0 Å². The van der Waals surface area contributed by atoms with Crippen molar-refractivity contribution in [2.75, 3.05) is 0 Å². The lowest BCUT2D eigenvalue weighted by Gasteiger charge is -2.24. The van der Waals surface area contributed by atoms with Crippen molar-refractivity contribution in [1.29, 1.82) is 0 Å². The Balaban J connectivity index is 2.51. The summed E-state index contributed by atoms with van der Waals surface area (Å²) in [6.07, 6.45) is 14.8. The van der Waals surface area contributed by atoms with Gasteiger partial charge in [0.15, 0.2) is 0 Å². The molecule has 1 rings (SSSR count). The second kappa shape index (κ2) is 13.0. The van der Waals surface area contributed by atoms with Gasteiger partial charge in [0, 0.05) is 6.42 Å². The van der Waals surface area contributed by atoms with E-state index in [0.29, 0.717) is 6.42 Å². The van der Waals surface area contributed by atoms with Gasteiger partial charge in [-0.25, -0.2) is 0 Å². The topological polar surface area (TPSA) is 26.3 Å². The number of carbonyl (C=O) groups is 1. The largest absolute Gasteiger partial charge is 0.426 e. The minimum atomic E-state index is -0.148. The molecular weight excluding hydrogens is 332 g/mol. The standard InChI is InChI=1S/C25H42O2/c1-6-8-9-10-11-12-13-14-15-16-18-21-22(25(3,4)5)19-17-20-23(21)27-24(26)7-2/h17,19-20H,6-16,18H2,1-5H3. The number of ether oxygens (including phenoxy) is 1. The third-order valence-electron chi connectivity index (χ3n) is 5.23. The highest BCUT2D eigenvalue weighted by atomic mass is 16.5. The highest BCUT2D eigenvalue weighted by Gasteiger charge is 2.21. The normalized spacial score (nSPS) is 11.6. The Morgan fingerprint density at radius 3 is 1.93 bits per heavy atom. The molecule has 0 aromatic heterocycles. The minimum Gasteiger partial charge on any atom is -0.426 e. The summed E-state index contributed by atoms with van der Waals surface area (Å²) in [5.41, 5.74) is 2.59. The number of unbranched alkanes of at least 4 members (excludes halogenated alkanes) is 9. The van der Waals surface area contributed by atoms with Crippen molar-refractivity contribution in [3.8, 4) is 5.75 Å². The molecule has 0 aliphatic heterocycles. The molecule has 27 heavy (non-hydrogen) atoms. The fourth-order valence-electron chi connectivity index (χ4n) is 3.61. The van der Waals surface area contributed by atoms with Crippen LogP contribution in [0.3, 0.4) is 0 Å². The average molecular weight is 375 g/mol. The number of hydrogen-bond donors (Lipinski definition) is 0. The lowest BCUT2D eigenvalue weighted by Crippen LogP contribution is -2.16. The third-order valence-corrected chi connectivity index (χ3v) is 5.23. The first-order valence-corrected chi connectivity index (χ1v) is 11.2. The lowest BCUT2D eigenvalue weighted by molar-refractivity contribution is -0.134. The van der Waals surface area contributed by atoms with Crippen LogP contribution in [0.4, 0.5) is 0 Å². The van der Waals surface area contributed by atoms with Crippen molar-refractivity contribution in [3.05, 3.63) is 29.3 Å². The SMILES string of the molecule is CCCCCCCCCCCCc1c(OC(=O)CC)cccc1C(C)(C)C. The number of rotatable bonds is 13. The minimum absolute atomic E-state index is 0.0580. The molecule has 0 N–H and O–H groups in total. The first-order chi connectivity index (χ1) is 12.9. The highest BCUT2D eigenvalue weighted by Crippen LogP contribution is 2.33. The first kappa shape index (κ1) is 23.7. The maximum Gasteiger partial charge on any atom is 0.310 e. The van der Waals surface area contributed by atoms with E-state index in [1.807, 2.05) is 19.1 Å². The molecule has 1 aromatic rings. The summed E-state index contributed by atoms with van der Waals surface area (Å²) < 4.78 is 5.63. The van der Waals surface area contributed by atoms with Gasteiger partial charge >= 0.3 is 5.97 Å². The maximum atomic E-state index is 11.8. The van der Waals surface area contributed by atoms with E-state index in [1.54, 1.807) is 0 Å². The first-order valence-electron chi connectivity index (χ1n) is 11.2. The van der Waals surface area contributed by atoms with Gasteiger partial charge < -0.3 is 4.74 Å². The molecule has 1 aromatic carbocycles. The fraction of sp³-hybridized carbons (Fsp3) is 0.720. The Morgan fingerprint density at radius 1 is 0.852 bits per heavy atom. The van der Waals surface area contributed by atoms with Crippen molar-refractivity contribution in [3.63, 3.8) is 0 Å². The number of carbonyl (C=O) groups excluding carboxylic acids is 1. The number of hydrogen-bond acceptors (Lipinski definition) is 2. The molecule has 0 unspecified atom stereocenters. The van der Waals surface area contributed by atoms with E-state index in [9.17, 15) is 4.79 Å². The lowest BCUT2D eigenvalue weighted by atomic mass is 9.82. The molecule has 154 valence electrons. The molecule has 0 radical (unpaired) electrons. The fourth-order valence-corrected chi connectivity index (χ4v) is 3.61. The molecule has 0 fully saturated rings. The summed E-state index contributed by atoms with van der Waals surface area (Å²) in [7, 11) is 0. The molecule has 0 atom stereocenters. The van der Waals surface area contributed by atoms with E-state index in [4.69, 9.17) is 4.74 Å². The molecule has 0 amide bonds. The van der Waals surface area contributed by atoms with Crippen LogP contribution >= 0.6 is 0 Å². The molecule has 0 saturated carbocycles. The monoisotopic (exact) mass is 374 g/mol. The second-order valence-corrected chi connectivity index (χ2v) is 8.79. The average Bonchev–Trinajstić information content (AvgIpc) is 2.63. The predicted octanol–water partition coefficient (Wildman–Crippen LogP) is 7.76. The maximum absolute atomic E-state index is 11.8. The molecule has 0 heterocycles. The van der Waals surface area contributed by atoms with Crippen LogP contribution in [0.5, 0.6) is 5.75 Å². The number of esters is 1. The van der Waals surface area contributed by atoms with Crippen LogP contribution < -0.4 is 4.74 Å². The Hall–Kier alpha value is -1.31. The summed E-state index contributed by atoms with van der Waals surface area (Å²) in [6.45, 7) is 10.8. The van der Waals surface area contributed by atoms with Crippen LogP contribution in [-0.2, 0) is 16.6 Å². The van der Waals surface area contributed by atoms with Gasteiger partial charge in [0.05, 0.1) is 0 Å². The summed E-state index contributed by atoms with van der Waals surface area (Å²) in [4.78, 5) is 11.8. The molecule has 0 aliphatic carbocycles. The van der Waals surface area contributed by atoms with Crippen LogP contribution in [0, 0.1) is 0 Å². The summed E-state index contributed by atoms with van der Waals surface area (Å²) in [6, 6.07) is 6.16. The zero-order valence-electron chi connectivity index (χ0n) is 18.5. The van der Waals surface area contributed by atoms with Gasteiger partial charge in [-0.3, -0.25) is 4.79 Å². The van der Waals surface area contributed by atoms with Gasteiger partial charge in [0.1, 0.15) is 5.75 Å². The zero-order valence-corrected chi connectivity index (χ0v) is 18.5. The quantitative estimate of drug-likeness (QED) is 0.200. The number of benzene rings is 1. The Morgan fingerprint density at radius 2 is 1.41 bits per heavy atom. The van der Waals surface area contributed by atoms with E-state index >= 15 is 0 Å². The molecule has 0 aliphatic rings. The zero-order chi connectivity index (χ0) is 20.1. The van der Waals surface area contributed by atoms with Crippen molar-refractivity contribution in [2.24, 2.45) is 0 Å². The van der Waals surface area contributed by atoms with E-state index in [2.05, 4.69) is 33.8 Å². The molecule has 2 heteroatoms. The summed E-state index contributed by atoms with van der Waals surface area (Å²) in [5.74, 6) is 0.621. The Labute approximate surface area is 168 Å². The predicted molar refractivity (Wildman–Crippen MR) is 117 cm³/mol. The smallest absolute Gasteiger partial charge is 0.310 e. The molecule has 0 saturated heterocycles. The van der Waals surface area contributed by atoms with Crippen LogP contribution in [0.25, 0.3) is 0 Å². The van der Waals surface area contributed by atoms with E-state index in [0.717, 1.165) is 12.2 Å². The van der Waals surface area contributed by atoms with Crippen LogP contribution in [-0.4, -0.2) is 5.97 Å². The van der Waals surface area contributed by atoms with Gasteiger partial charge in [-0.15, -0.1) is 0 Å². The second-order valence-electron chi connectivity index (χ2n) is 8.79. The van der Waals surface area contributed by atoms with Crippen LogP contribution in [0.15, 0.2) is 18.2 Å². The third kappa shape index (κ3) is 9.44. The van der Waals surface area contributed by atoms with E-state index in [1.165, 1.54) is 75.3 Å². The summed E-state index contributed by atoms with van der Waals surface area (Å²) in [5, 5.41) is 0. The molecule has 0 spiro atoms. The van der Waals surface area contributed by atoms with Crippen molar-refractivity contribution < 1.29 is 9.53 Å². The van der Waals surface area contributed by atoms with Crippen molar-refractivity contribution >= 4 is 5.97 Å². The van der Waals surface area contributed by atoms with Crippen LogP contribution in [0.2, 0.25) is 0 Å². The van der Waals surface area contributed by atoms with Crippen molar-refractivity contribution in [1.82, 2.24) is 0 Å². The summed E-state index contributed by atoms with van der Waals surface area (Å²) >= 11 is 0. The molecule has 0 bridgehead atoms. The molecular formula is C25H42O2. The Kier molecular flexibility index (Phi) is 11.4. The van der Waals surface area contributed by atoms with Crippen LogP contribution in [0.1, 0.15) is 116 Å². The Bertz CT molecular complexity index is 540. The molecule has 2 nitrogen and oxygen atoms in total. The van der Waals surface area contributed by atoms with Gasteiger partial charge in [-0.1, -0.05) is 105 Å². The van der Waals surface area contributed by atoms with Gasteiger partial charge in [-0.2, -0.15) is 0 Å². The highest BCUT2D eigenvalue weighted by molar-refractivity contribution is 5.72. The van der Waals surface area contributed by atoms with E-state index < -0.39 is 0 Å². The van der Waals surface area contributed by atoms with Crippen molar-refractivity contribution in [2.45, 2.75) is 117 Å². The van der Waals surface area contributed by atoms with Gasteiger partial charge in [0.25, 0.3) is 0 Å². The van der Waals surface area contributed by atoms with E-state index in [-0.39, 0.29) is 11.4 Å².